The maximum atomic E-state index is 6.16. The number of ether oxygens (including phenoxy) is 2. The second kappa shape index (κ2) is 8.30. The average molecular weight is 387 g/mol. The first-order valence-corrected chi connectivity index (χ1v) is 8.97. The van der Waals surface area contributed by atoms with Gasteiger partial charge in [0.25, 0.3) is 0 Å². The van der Waals surface area contributed by atoms with Crippen LogP contribution in [0.1, 0.15) is 18.4 Å². The average Bonchev–Trinajstić information content (AvgIpc) is 3.09. The largest absolute Gasteiger partial charge is 0.491 e. The fourth-order valence-corrected chi connectivity index (χ4v) is 3.14. The molecule has 128 valence electrons. The van der Waals surface area contributed by atoms with Gasteiger partial charge in [-0.05, 0) is 42.7 Å². The molecule has 3 nitrogen and oxygen atoms in total. The van der Waals surface area contributed by atoms with Crippen molar-refractivity contribution in [1.82, 2.24) is 0 Å². The monoisotopic (exact) mass is 385 g/mol. The molecule has 2 aromatic carbocycles. The lowest BCUT2D eigenvalue weighted by atomic mass is 10.2. The Morgan fingerprint density at radius 3 is 2.50 bits per heavy atom. The Balaban J connectivity index is 1.53. The van der Waals surface area contributed by atoms with Crippen LogP contribution >= 0.6 is 34.8 Å². The lowest BCUT2D eigenvalue weighted by Gasteiger charge is -2.12. The second-order valence-electron chi connectivity index (χ2n) is 5.69. The van der Waals surface area contributed by atoms with Gasteiger partial charge in [0.05, 0.1) is 26.9 Å². The molecule has 0 spiro atoms. The molecule has 2 aromatic rings. The van der Waals surface area contributed by atoms with Crippen molar-refractivity contribution in [2.24, 2.45) is 0 Å². The third kappa shape index (κ3) is 4.70. The number of benzene rings is 2. The number of hydrogen-bond acceptors (Lipinski definition) is 3. The van der Waals surface area contributed by atoms with Gasteiger partial charge in [-0.3, -0.25) is 0 Å². The molecule has 3 rings (SSSR count). The molecule has 1 aliphatic rings. The SMILES string of the molecule is Clc1cc(Cl)c(NCc2ccc(OC[C@@H]3CCCO3)cc2)cc1Cl. The van der Waals surface area contributed by atoms with Crippen LogP contribution < -0.4 is 10.1 Å². The van der Waals surface area contributed by atoms with Gasteiger partial charge < -0.3 is 14.8 Å². The molecule has 0 bridgehead atoms. The summed E-state index contributed by atoms with van der Waals surface area (Å²) >= 11 is 18.1. The van der Waals surface area contributed by atoms with Crippen molar-refractivity contribution < 1.29 is 9.47 Å². The summed E-state index contributed by atoms with van der Waals surface area (Å²) in [5.41, 5.74) is 1.87. The second-order valence-corrected chi connectivity index (χ2v) is 6.91. The predicted molar refractivity (Wildman–Crippen MR) is 99.7 cm³/mol. The molecule has 1 aliphatic heterocycles. The van der Waals surface area contributed by atoms with Crippen LogP contribution in [0.2, 0.25) is 15.1 Å². The molecule has 1 atom stereocenters. The fourth-order valence-electron chi connectivity index (χ4n) is 2.52. The summed E-state index contributed by atoms with van der Waals surface area (Å²) in [6, 6.07) is 11.3. The maximum absolute atomic E-state index is 6.16. The molecule has 0 radical (unpaired) electrons. The van der Waals surface area contributed by atoms with Crippen LogP contribution in [0.25, 0.3) is 0 Å². The van der Waals surface area contributed by atoms with Crippen LogP contribution in [0.5, 0.6) is 5.75 Å². The molecule has 0 aromatic heterocycles. The van der Waals surface area contributed by atoms with Gasteiger partial charge in [-0.15, -0.1) is 0 Å². The molecule has 6 heteroatoms. The van der Waals surface area contributed by atoms with Crippen molar-refractivity contribution in [3.63, 3.8) is 0 Å². The highest BCUT2D eigenvalue weighted by atomic mass is 35.5. The van der Waals surface area contributed by atoms with E-state index in [1.165, 1.54) is 0 Å². The molecular formula is C18H18Cl3NO2. The third-order valence-electron chi connectivity index (χ3n) is 3.88. The zero-order valence-electron chi connectivity index (χ0n) is 13.0. The van der Waals surface area contributed by atoms with Crippen LogP contribution in [0.4, 0.5) is 5.69 Å². The van der Waals surface area contributed by atoms with Gasteiger partial charge in [-0.1, -0.05) is 46.9 Å². The van der Waals surface area contributed by atoms with E-state index < -0.39 is 0 Å². The van der Waals surface area contributed by atoms with E-state index in [0.717, 1.165) is 36.4 Å². The first kappa shape index (κ1) is 17.7. The summed E-state index contributed by atoms with van der Waals surface area (Å²) < 4.78 is 11.3. The fraction of sp³-hybridized carbons (Fsp3) is 0.333. The van der Waals surface area contributed by atoms with Gasteiger partial charge >= 0.3 is 0 Å². The summed E-state index contributed by atoms with van der Waals surface area (Å²) in [6.45, 7) is 2.08. The molecule has 0 unspecified atom stereocenters. The van der Waals surface area contributed by atoms with Gasteiger partial charge in [0.15, 0.2) is 0 Å². The van der Waals surface area contributed by atoms with E-state index in [9.17, 15) is 0 Å². The summed E-state index contributed by atoms with van der Waals surface area (Å²) in [4.78, 5) is 0. The Morgan fingerprint density at radius 1 is 1.04 bits per heavy atom. The molecule has 24 heavy (non-hydrogen) atoms. The molecule has 0 saturated carbocycles. The highest BCUT2D eigenvalue weighted by Gasteiger charge is 2.15. The van der Waals surface area contributed by atoms with Crippen molar-refractivity contribution >= 4 is 40.5 Å². The van der Waals surface area contributed by atoms with Gasteiger partial charge in [0.1, 0.15) is 12.4 Å². The van der Waals surface area contributed by atoms with Crippen LogP contribution in [-0.4, -0.2) is 19.3 Å². The van der Waals surface area contributed by atoms with Crippen molar-refractivity contribution in [3.05, 3.63) is 57.0 Å². The third-order valence-corrected chi connectivity index (χ3v) is 4.91. The van der Waals surface area contributed by atoms with Gasteiger partial charge in [0, 0.05) is 13.2 Å². The van der Waals surface area contributed by atoms with Crippen molar-refractivity contribution in [1.29, 1.82) is 0 Å². The Bertz CT molecular complexity index is 685. The van der Waals surface area contributed by atoms with Crippen molar-refractivity contribution in [2.45, 2.75) is 25.5 Å². The Kier molecular flexibility index (Phi) is 6.12. The van der Waals surface area contributed by atoms with Gasteiger partial charge in [0.2, 0.25) is 0 Å². The van der Waals surface area contributed by atoms with E-state index in [-0.39, 0.29) is 6.10 Å². The number of rotatable bonds is 6. The standard InChI is InChI=1S/C18H18Cl3NO2/c19-15-8-17(21)18(9-16(15)20)22-10-12-3-5-13(6-4-12)24-11-14-2-1-7-23-14/h3-6,8-9,14,22H,1-2,7,10-11H2/t14-/m0/s1. The van der Waals surface area contributed by atoms with E-state index in [0.29, 0.717) is 28.2 Å². The van der Waals surface area contributed by atoms with E-state index in [1.807, 2.05) is 24.3 Å². The summed E-state index contributed by atoms with van der Waals surface area (Å²) in [5, 5.41) is 4.72. The summed E-state index contributed by atoms with van der Waals surface area (Å²) in [6.07, 6.45) is 2.42. The Hall–Kier alpha value is -1.13. The first-order chi connectivity index (χ1) is 11.6. The van der Waals surface area contributed by atoms with E-state index >= 15 is 0 Å². The minimum absolute atomic E-state index is 0.225. The molecule has 1 fully saturated rings. The van der Waals surface area contributed by atoms with Crippen molar-refractivity contribution in [2.75, 3.05) is 18.5 Å². The minimum Gasteiger partial charge on any atom is -0.491 e. The lowest BCUT2D eigenvalue weighted by molar-refractivity contribution is 0.0679. The number of anilines is 1. The van der Waals surface area contributed by atoms with Crippen LogP contribution in [-0.2, 0) is 11.3 Å². The topological polar surface area (TPSA) is 30.5 Å². The van der Waals surface area contributed by atoms with E-state index in [1.54, 1.807) is 12.1 Å². The van der Waals surface area contributed by atoms with Crippen LogP contribution in [0.3, 0.4) is 0 Å². The normalized spacial score (nSPS) is 17.0. The van der Waals surface area contributed by atoms with Gasteiger partial charge in [-0.2, -0.15) is 0 Å². The molecule has 1 heterocycles. The molecule has 1 saturated heterocycles. The van der Waals surface area contributed by atoms with E-state index in [4.69, 9.17) is 44.3 Å². The zero-order chi connectivity index (χ0) is 16.9. The first-order valence-electron chi connectivity index (χ1n) is 7.83. The highest BCUT2D eigenvalue weighted by molar-refractivity contribution is 6.44. The van der Waals surface area contributed by atoms with Crippen molar-refractivity contribution in [3.8, 4) is 5.75 Å². The zero-order valence-corrected chi connectivity index (χ0v) is 15.3. The quantitative estimate of drug-likeness (QED) is 0.635. The van der Waals surface area contributed by atoms with Crippen LogP contribution in [0.15, 0.2) is 36.4 Å². The Labute approximate surface area is 156 Å². The smallest absolute Gasteiger partial charge is 0.119 e. The minimum atomic E-state index is 0.225. The number of halogens is 3. The molecule has 1 N–H and O–H groups in total. The van der Waals surface area contributed by atoms with Gasteiger partial charge in [-0.25, -0.2) is 0 Å². The highest BCUT2D eigenvalue weighted by Crippen LogP contribution is 2.32. The summed E-state index contributed by atoms with van der Waals surface area (Å²) in [7, 11) is 0. The molecule has 0 amide bonds. The number of hydrogen-bond donors (Lipinski definition) is 1. The Morgan fingerprint density at radius 2 is 1.79 bits per heavy atom. The molecular weight excluding hydrogens is 369 g/mol. The lowest BCUT2D eigenvalue weighted by Crippen LogP contribution is -2.16. The molecule has 0 aliphatic carbocycles. The van der Waals surface area contributed by atoms with E-state index in [2.05, 4.69) is 5.32 Å². The summed E-state index contributed by atoms with van der Waals surface area (Å²) in [5.74, 6) is 0.849. The van der Waals surface area contributed by atoms with Crippen LogP contribution in [0, 0.1) is 0 Å². The predicted octanol–water partition coefficient (Wildman–Crippen LogP) is 5.82. The maximum Gasteiger partial charge on any atom is 0.119 e. The number of nitrogens with one attached hydrogen (secondary N) is 1.